The number of benzene rings is 1. The molecule has 1 aromatic carbocycles. The van der Waals surface area contributed by atoms with Gasteiger partial charge in [0.25, 0.3) is 6.01 Å². The summed E-state index contributed by atoms with van der Waals surface area (Å²) in [6, 6.07) is 8.74. The number of hydrogen-bond acceptors (Lipinski definition) is 5. The van der Waals surface area contributed by atoms with E-state index in [1.54, 1.807) is 11.8 Å². The Hall–Kier alpha value is -2.50. The molecule has 2 aromatic heterocycles. The van der Waals surface area contributed by atoms with Gasteiger partial charge in [-0.1, -0.05) is 12.1 Å². The van der Waals surface area contributed by atoms with Crippen LogP contribution in [-0.2, 0) is 7.05 Å². The first kappa shape index (κ1) is 14.1. The van der Waals surface area contributed by atoms with E-state index >= 15 is 0 Å². The second-order valence-electron chi connectivity index (χ2n) is 5.95. The van der Waals surface area contributed by atoms with E-state index in [-0.39, 0.29) is 6.04 Å². The molecule has 0 amide bonds. The van der Waals surface area contributed by atoms with Crippen LogP contribution in [0, 0.1) is 6.92 Å². The third-order valence-electron chi connectivity index (χ3n) is 4.52. The number of fused-ring (bicyclic) bond motifs is 1. The molecule has 23 heavy (non-hydrogen) atoms. The van der Waals surface area contributed by atoms with Crippen molar-refractivity contribution in [2.24, 2.45) is 7.05 Å². The Balaban J connectivity index is 1.77. The van der Waals surface area contributed by atoms with Gasteiger partial charge in [0.05, 0.1) is 24.4 Å². The molecule has 0 radical (unpaired) electrons. The fourth-order valence-electron chi connectivity index (χ4n) is 3.56. The zero-order valence-electron chi connectivity index (χ0n) is 13.6. The van der Waals surface area contributed by atoms with Gasteiger partial charge in [0.1, 0.15) is 5.52 Å². The number of aryl methyl sites for hydroxylation is 2. The van der Waals surface area contributed by atoms with Crippen molar-refractivity contribution in [3.8, 4) is 5.88 Å². The third kappa shape index (κ3) is 2.17. The summed E-state index contributed by atoms with van der Waals surface area (Å²) in [7, 11) is 3.60. The highest BCUT2D eigenvalue weighted by Crippen LogP contribution is 2.41. The monoisotopic (exact) mass is 312 g/mol. The van der Waals surface area contributed by atoms with Crippen LogP contribution in [0.1, 0.15) is 30.1 Å². The minimum atomic E-state index is 0.187. The Bertz CT molecular complexity index is 819. The number of methoxy groups -OCH3 is 1. The largest absolute Gasteiger partial charge is 0.481 e. The highest BCUT2D eigenvalue weighted by Gasteiger charge is 2.34. The first-order chi connectivity index (χ1) is 11.2. The van der Waals surface area contributed by atoms with Crippen LogP contribution in [0.15, 0.2) is 28.7 Å². The number of aromatic nitrogens is 3. The molecule has 1 atom stereocenters. The highest BCUT2D eigenvalue weighted by molar-refractivity contribution is 5.74. The van der Waals surface area contributed by atoms with E-state index < -0.39 is 0 Å². The molecule has 0 unspecified atom stereocenters. The fourth-order valence-corrected chi connectivity index (χ4v) is 3.56. The smallest absolute Gasteiger partial charge is 0.298 e. The quantitative estimate of drug-likeness (QED) is 0.743. The van der Waals surface area contributed by atoms with Crippen LogP contribution in [0.25, 0.3) is 11.1 Å². The number of hydrogen-bond donors (Lipinski definition) is 0. The van der Waals surface area contributed by atoms with Crippen molar-refractivity contribution in [2.45, 2.75) is 25.8 Å². The second kappa shape index (κ2) is 5.30. The fraction of sp³-hybridized carbons (Fsp3) is 0.412. The first-order valence-corrected chi connectivity index (χ1v) is 7.88. The lowest BCUT2D eigenvalue weighted by atomic mass is 10.1. The maximum Gasteiger partial charge on any atom is 0.298 e. The summed E-state index contributed by atoms with van der Waals surface area (Å²) in [4.78, 5) is 6.88. The van der Waals surface area contributed by atoms with Crippen LogP contribution in [0.5, 0.6) is 5.88 Å². The van der Waals surface area contributed by atoms with E-state index in [4.69, 9.17) is 9.15 Å². The summed E-state index contributed by atoms with van der Waals surface area (Å²) in [6.07, 6.45) is 2.14. The van der Waals surface area contributed by atoms with Gasteiger partial charge in [-0.25, -0.2) is 4.68 Å². The predicted octanol–water partition coefficient (Wildman–Crippen LogP) is 3.22. The normalized spacial score (nSPS) is 18.0. The standard InChI is InChI=1S/C17H20N4O2/c1-11-15(16(22-3)20(2)19-11)13-8-6-10-21(13)17-18-12-7-4-5-9-14(12)23-17/h4-5,7,9,13H,6,8,10H2,1-3H3/t13-/m0/s1. The van der Waals surface area contributed by atoms with Gasteiger partial charge in [-0.3, -0.25) is 0 Å². The van der Waals surface area contributed by atoms with Crippen molar-refractivity contribution >= 4 is 17.1 Å². The molecule has 1 saturated heterocycles. The molecular weight excluding hydrogens is 292 g/mol. The molecule has 6 nitrogen and oxygen atoms in total. The summed E-state index contributed by atoms with van der Waals surface area (Å²) >= 11 is 0. The molecule has 0 aliphatic carbocycles. The average Bonchev–Trinajstić information content (AvgIpc) is 3.22. The van der Waals surface area contributed by atoms with Crippen molar-refractivity contribution in [3.63, 3.8) is 0 Å². The van der Waals surface area contributed by atoms with Gasteiger partial charge in [0.2, 0.25) is 5.88 Å². The lowest BCUT2D eigenvalue weighted by Crippen LogP contribution is -2.23. The van der Waals surface area contributed by atoms with Crippen molar-refractivity contribution < 1.29 is 9.15 Å². The lowest BCUT2D eigenvalue weighted by molar-refractivity contribution is 0.365. The van der Waals surface area contributed by atoms with Crippen LogP contribution in [0.3, 0.4) is 0 Å². The van der Waals surface area contributed by atoms with Gasteiger partial charge >= 0.3 is 0 Å². The zero-order chi connectivity index (χ0) is 16.0. The molecule has 0 spiro atoms. The SMILES string of the molecule is COc1c([C@@H]2CCCN2c2nc3ccccc3o2)c(C)nn1C. The van der Waals surface area contributed by atoms with Crippen LogP contribution < -0.4 is 9.64 Å². The van der Waals surface area contributed by atoms with E-state index in [9.17, 15) is 0 Å². The van der Waals surface area contributed by atoms with Crippen LogP contribution in [0.4, 0.5) is 6.01 Å². The first-order valence-electron chi connectivity index (χ1n) is 7.88. The van der Waals surface area contributed by atoms with Crippen LogP contribution >= 0.6 is 0 Å². The topological polar surface area (TPSA) is 56.3 Å². The Kier molecular flexibility index (Phi) is 3.25. The molecule has 1 fully saturated rings. The van der Waals surface area contributed by atoms with E-state index in [1.807, 2.05) is 38.2 Å². The van der Waals surface area contributed by atoms with Gasteiger partial charge in [0, 0.05) is 13.6 Å². The van der Waals surface area contributed by atoms with Crippen molar-refractivity contribution in [1.29, 1.82) is 0 Å². The number of nitrogens with zero attached hydrogens (tertiary/aromatic N) is 4. The van der Waals surface area contributed by atoms with E-state index in [0.29, 0.717) is 6.01 Å². The molecule has 120 valence electrons. The number of para-hydroxylation sites is 2. The van der Waals surface area contributed by atoms with E-state index in [1.165, 1.54) is 0 Å². The van der Waals surface area contributed by atoms with Gasteiger partial charge in [-0.15, -0.1) is 0 Å². The molecule has 6 heteroatoms. The van der Waals surface area contributed by atoms with Crippen LogP contribution in [0.2, 0.25) is 0 Å². The molecule has 0 bridgehead atoms. The molecule has 3 aromatic rings. The zero-order valence-corrected chi connectivity index (χ0v) is 13.6. The third-order valence-corrected chi connectivity index (χ3v) is 4.52. The Labute approximate surface area is 134 Å². The molecule has 0 saturated carbocycles. The number of anilines is 1. The number of ether oxygens (including phenoxy) is 1. The maximum absolute atomic E-state index is 5.97. The maximum atomic E-state index is 5.97. The molecule has 1 aliphatic heterocycles. The molecule has 1 aliphatic rings. The Morgan fingerprint density at radius 3 is 2.91 bits per heavy atom. The minimum Gasteiger partial charge on any atom is -0.481 e. The van der Waals surface area contributed by atoms with E-state index in [2.05, 4.69) is 15.0 Å². The molecule has 0 N–H and O–H groups in total. The van der Waals surface area contributed by atoms with E-state index in [0.717, 1.165) is 47.6 Å². The van der Waals surface area contributed by atoms with Crippen molar-refractivity contribution in [1.82, 2.24) is 14.8 Å². The molecule has 3 heterocycles. The van der Waals surface area contributed by atoms with Crippen molar-refractivity contribution in [2.75, 3.05) is 18.6 Å². The number of rotatable bonds is 3. The van der Waals surface area contributed by atoms with Gasteiger partial charge < -0.3 is 14.1 Å². The Morgan fingerprint density at radius 1 is 1.30 bits per heavy atom. The summed E-state index contributed by atoms with van der Waals surface area (Å²) in [5.41, 5.74) is 3.85. The summed E-state index contributed by atoms with van der Waals surface area (Å²) in [5.74, 6) is 0.815. The lowest BCUT2D eigenvalue weighted by Gasteiger charge is -2.23. The van der Waals surface area contributed by atoms with Gasteiger partial charge in [-0.2, -0.15) is 10.1 Å². The summed E-state index contributed by atoms with van der Waals surface area (Å²) in [6.45, 7) is 2.95. The number of oxazole rings is 1. The average molecular weight is 312 g/mol. The summed E-state index contributed by atoms with van der Waals surface area (Å²) < 4.78 is 13.3. The molecular formula is C17H20N4O2. The second-order valence-corrected chi connectivity index (χ2v) is 5.95. The summed E-state index contributed by atoms with van der Waals surface area (Å²) in [5, 5.41) is 4.51. The van der Waals surface area contributed by atoms with Crippen LogP contribution in [-0.4, -0.2) is 28.4 Å². The minimum absolute atomic E-state index is 0.187. The predicted molar refractivity (Wildman–Crippen MR) is 87.8 cm³/mol. The Morgan fingerprint density at radius 2 is 2.13 bits per heavy atom. The van der Waals surface area contributed by atoms with Crippen molar-refractivity contribution in [3.05, 3.63) is 35.5 Å². The highest BCUT2D eigenvalue weighted by atomic mass is 16.5. The molecule has 4 rings (SSSR count). The van der Waals surface area contributed by atoms with Gasteiger partial charge in [-0.05, 0) is 31.9 Å². The van der Waals surface area contributed by atoms with Gasteiger partial charge in [0.15, 0.2) is 5.58 Å².